The Morgan fingerprint density at radius 1 is 1.27 bits per heavy atom. The summed E-state index contributed by atoms with van der Waals surface area (Å²) in [6.45, 7) is 1.97. The van der Waals surface area contributed by atoms with Crippen molar-refractivity contribution in [3.63, 3.8) is 0 Å². The highest BCUT2D eigenvalue weighted by molar-refractivity contribution is 6.32. The Hall–Kier alpha value is -2.64. The maximum Gasteiger partial charge on any atom is 0.205 e. The van der Waals surface area contributed by atoms with E-state index in [1.54, 1.807) is 6.07 Å². The van der Waals surface area contributed by atoms with Crippen LogP contribution in [0.1, 0.15) is 22.6 Å². The van der Waals surface area contributed by atoms with Crippen LogP contribution in [0.3, 0.4) is 0 Å². The number of aryl methyl sites for hydroxylation is 1. The van der Waals surface area contributed by atoms with Gasteiger partial charge in [-0.25, -0.2) is 0 Å². The molecule has 0 saturated carbocycles. The van der Waals surface area contributed by atoms with Gasteiger partial charge in [-0.2, -0.15) is 5.26 Å². The number of phenols is 1. The van der Waals surface area contributed by atoms with Crippen LogP contribution in [0.2, 0.25) is 5.02 Å². The van der Waals surface area contributed by atoms with Crippen molar-refractivity contribution in [1.82, 2.24) is 0 Å². The lowest BCUT2D eigenvalue weighted by molar-refractivity contribution is 0.388. The second-order valence-corrected chi connectivity index (χ2v) is 5.53. The fourth-order valence-electron chi connectivity index (χ4n) is 2.70. The third kappa shape index (κ3) is 2.16. The molecule has 1 heterocycles. The molecule has 1 atom stereocenters. The molecular weight excluding hydrogens is 300 g/mol. The number of nitrogens with zero attached hydrogens (tertiary/aromatic N) is 1. The lowest BCUT2D eigenvalue weighted by atomic mass is 9.81. The number of allylic oxidation sites excluding steroid dienone is 1. The van der Waals surface area contributed by atoms with Gasteiger partial charge >= 0.3 is 0 Å². The Morgan fingerprint density at radius 2 is 2.00 bits per heavy atom. The van der Waals surface area contributed by atoms with Crippen LogP contribution in [-0.4, -0.2) is 5.11 Å². The van der Waals surface area contributed by atoms with Gasteiger partial charge in [0.05, 0.1) is 10.9 Å². The van der Waals surface area contributed by atoms with Crippen LogP contribution < -0.4 is 10.5 Å². The summed E-state index contributed by atoms with van der Waals surface area (Å²) in [5.41, 5.74) is 8.92. The molecule has 0 bridgehead atoms. The van der Waals surface area contributed by atoms with Gasteiger partial charge < -0.3 is 15.6 Å². The third-order valence-electron chi connectivity index (χ3n) is 3.78. The smallest absolute Gasteiger partial charge is 0.205 e. The first-order valence-corrected chi connectivity index (χ1v) is 7.06. The van der Waals surface area contributed by atoms with Crippen molar-refractivity contribution in [3.05, 3.63) is 69.6 Å². The van der Waals surface area contributed by atoms with Gasteiger partial charge in [0.15, 0.2) is 0 Å². The van der Waals surface area contributed by atoms with Crippen LogP contribution in [0.5, 0.6) is 11.5 Å². The molecule has 2 aromatic rings. The van der Waals surface area contributed by atoms with E-state index in [4.69, 9.17) is 22.1 Å². The van der Waals surface area contributed by atoms with E-state index in [9.17, 15) is 10.4 Å². The predicted octanol–water partition coefficient (Wildman–Crippen LogP) is 3.57. The maximum absolute atomic E-state index is 9.76. The number of nitriles is 1. The zero-order valence-corrected chi connectivity index (χ0v) is 12.6. The molecule has 3 N–H and O–H groups in total. The van der Waals surface area contributed by atoms with Gasteiger partial charge in [-0.05, 0) is 24.1 Å². The van der Waals surface area contributed by atoms with Crippen LogP contribution in [0.25, 0.3) is 0 Å². The molecule has 5 heteroatoms. The van der Waals surface area contributed by atoms with Crippen molar-refractivity contribution in [2.24, 2.45) is 5.73 Å². The first kappa shape index (κ1) is 14.3. The normalized spacial score (nSPS) is 16.7. The summed E-state index contributed by atoms with van der Waals surface area (Å²) in [6, 6.07) is 12.9. The van der Waals surface area contributed by atoms with Crippen LogP contribution >= 0.6 is 11.6 Å². The molecule has 2 aromatic carbocycles. The Labute approximate surface area is 133 Å². The monoisotopic (exact) mass is 312 g/mol. The maximum atomic E-state index is 9.76. The van der Waals surface area contributed by atoms with E-state index < -0.39 is 0 Å². The number of rotatable bonds is 1. The SMILES string of the molecule is Cc1ccccc1C1C(C#N)=C(N)Oc2cc(O)c(Cl)cc21. The quantitative estimate of drug-likeness (QED) is 0.843. The molecule has 0 aromatic heterocycles. The van der Waals surface area contributed by atoms with E-state index in [1.165, 1.54) is 6.07 Å². The summed E-state index contributed by atoms with van der Waals surface area (Å²) in [6.07, 6.45) is 0. The molecule has 22 heavy (non-hydrogen) atoms. The number of fused-ring (bicyclic) bond motifs is 1. The molecule has 1 aliphatic heterocycles. The van der Waals surface area contributed by atoms with E-state index in [0.29, 0.717) is 16.9 Å². The number of phenolic OH excluding ortho intramolecular Hbond substituents is 1. The minimum absolute atomic E-state index is 0.0463. The number of hydrogen-bond acceptors (Lipinski definition) is 4. The average Bonchev–Trinajstić information content (AvgIpc) is 2.49. The average molecular weight is 313 g/mol. The summed E-state index contributed by atoms with van der Waals surface area (Å²) in [5.74, 6) is 0.00170. The summed E-state index contributed by atoms with van der Waals surface area (Å²) in [5, 5.41) is 19.5. The van der Waals surface area contributed by atoms with Crippen molar-refractivity contribution >= 4 is 11.6 Å². The molecular formula is C17H13ClN2O2. The topological polar surface area (TPSA) is 79.3 Å². The Morgan fingerprint density at radius 3 is 2.68 bits per heavy atom. The number of halogens is 1. The minimum Gasteiger partial charge on any atom is -0.506 e. The fraction of sp³-hybridized carbons (Fsp3) is 0.118. The largest absolute Gasteiger partial charge is 0.506 e. The van der Waals surface area contributed by atoms with Crippen LogP contribution in [0.4, 0.5) is 0 Å². The van der Waals surface area contributed by atoms with Gasteiger partial charge in [0.1, 0.15) is 23.1 Å². The Kier molecular flexibility index (Phi) is 3.44. The number of nitrogens with two attached hydrogens (primary N) is 1. The highest BCUT2D eigenvalue weighted by Gasteiger charge is 2.32. The predicted molar refractivity (Wildman–Crippen MR) is 83.6 cm³/mol. The molecule has 0 fully saturated rings. The summed E-state index contributed by atoms with van der Waals surface area (Å²) < 4.78 is 5.48. The van der Waals surface area contributed by atoms with Crippen molar-refractivity contribution in [2.75, 3.05) is 0 Å². The molecule has 3 rings (SSSR count). The Bertz CT molecular complexity index is 837. The first-order valence-electron chi connectivity index (χ1n) is 6.68. The molecule has 110 valence electrons. The second-order valence-electron chi connectivity index (χ2n) is 5.12. The summed E-state index contributed by atoms with van der Waals surface area (Å²) >= 11 is 6.03. The van der Waals surface area contributed by atoms with Crippen molar-refractivity contribution in [1.29, 1.82) is 5.26 Å². The zero-order chi connectivity index (χ0) is 15.9. The highest BCUT2D eigenvalue weighted by atomic mass is 35.5. The van der Waals surface area contributed by atoms with Crippen molar-refractivity contribution in [3.8, 4) is 17.6 Å². The molecule has 0 amide bonds. The highest BCUT2D eigenvalue weighted by Crippen LogP contribution is 2.46. The standard InChI is InChI=1S/C17H13ClN2O2/c1-9-4-2-3-5-10(9)16-11-6-13(18)14(21)7-15(11)22-17(20)12(16)8-19/h2-7,16,21H,20H2,1H3. The lowest BCUT2D eigenvalue weighted by Crippen LogP contribution is -2.21. The minimum atomic E-state index is -0.368. The number of hydrogen-bond donors (Lipinski definition) is 2. The van der Waals surface area contributed by atoms with Crippen LogP contribution in [-0.2, 0) is 0 Å². The molecule has 0 aliphatic carbocycles. The van der Waals surface area contributed by atoms with E-state index in [1.807, 2.05) is 31.2 Å². The second kappa shape index (κ2) is 5.28. The van der Waals surface area contributed by atoms with Crippen molar-refractivity contribution < 1.29 is 9.84 Å². The van der Waals surface area contributed by atoms with Gasteiger partial charge in [-0.1, -0.05) is 35.9 Å². The van der Waals surface area contributed by atoms with Crippen LogP contribution in [0.15, 0.2) is 47.9 Å². The number of aromatic hydroxyl groups is 1. The third-order valence-corrected chi connectivity index (χ3v) is 4.09. The fourth-order valence-corrected chi connectivity index (χ4v) is 2.87. The van der Waals surface area contributed by atoms with Gasteiger partial charge in [0.2, 0.25) is 5.88 Å². The van der Waals surface area contributed by atoms with Crippen LogP contribution in [0, 0.1) is 18.3 Å². The van der Waals surface area contributed by atoms with E-state index in [0.717, 1.165) is 11.1 Å². The molecule has 0 radical (unpaired) electrons. The lowest BCUT2D eigenvalue weighted by Gasteiger charge is -2.27. The van der Waals surface area contributed by atoms with E-state index in [2.05, 4.69) is 6.07 Å². The van der Waals surface area contributed by atoms with Gasteiger partial charge in [-0.15, -0.1) is 0 Å². The van der Waals surface area contributed by atoms with Gasteiger partial charge in [0, 0.05) is 11.6 Å². The molecule has 1 unspecified atom stereocenters. The molecule has 0 saturated heterocycles. The van der Waals surface area contributed by atoms with Gasteiger partial charge in [-0.3, -0.25) is 0 Å². The summed E-state index contributed by atoms with van der Waals surface area (Å²) in [7, 11) is 0. The summed E-state index contributed by atoms with van der Waals surface area (Å²) in [4.78, 5) is 0. The Balaban J connectivity index is 2.30. The molecule has 0 spiro atoms. The van der Waals surface area contributed by atoms with E-state index in [-0.39, 0.29) is 22.6 Å². The van der Waals surface area contributed by atoms with E-state index >= 15 is 0 Å². The molecule has 1 aliphatic rings. The number of ether oxygens (including phenoxy) is 1. The van der Waals surface area contributed by atoms with Gasteiger partial charge in [0.25, 0.3) is 0 Å². The zero-order valence-electron chi connectivity index (χ0n) is 11.8. The molecule has 4 nitrogen and oxygen atoms in total. The van der Waals surface area contributed by atoms with Crippen molar-refractivity contribution in [2.45, 2.75) is 12.8 Å². The number of benzene rings is 2. The first-order chi connectivity index (χ1) is 10.5.